The minimum Gasteiger partial charge on any atom is -0.382 e. The second-order valence-electron chi connectivity index (χ2n) is 7.25. The molecule has 0 fully saturated rings. The average Bonchev–Trinajstić information content (AvgIpc) is 3.10. The summed E-state index contributed by atoms with van der Waals surface area (Å²) in [5.74, 6) is -1.71. The largest absolute Gasteiger partial charge is 0.382 e. The Morgan fingerprint density at radius 2 is 1.94 bits per heavy atom. The predicted octanol–water partition coefficient (Wildman–Crippen LogP) is 3.98. The number of aromatic nitrogens is 3. The lowest BCUT2D eigenvalue weighted by Crippen LogP contribution is -2.37. The van der Waals surface area contributed by atoms with Crippen molar-refractivity contribution in [2.75, 3.05) is 17.2 Å². The molecule has 9 heteroatoms. The molecule has 4 aromatic rings. The van der Waals surface area contributed by atoms with Gasteiger partial charge in [-0.3, -0.25) is 9.58 Å². The Morgan fingerprint density at radius 1 is 1.16 bits per heavy atom. The number of nitrogens with zero attached hydrogens (tertiary/aromatic N) is 4. The van der Waals surface area contributed by atoms with E-state index in [9.17, 15) is 13.6 Å². The Morgan fingerprint density at radius 3 is 2.65 bits per heavy atom. The van der Waals surface area contributed by atoms with Crippen LogP contribution in [0.2, 0.25) is 0 Å². The van der Waals surface area contributed by atoms with Crippen LogP contribution >= 0.6 is 0 Å². The number of benzene rings is 2. The van der Waals surface area contributed by atoms with E-state index in [1.807, 2.05) is 35.9 Å². The van der Waals surface area contributed by atoms with Crippen LogP contribution in [-0.2, 0) is 13.0 Å². The number of carbonyl (C=O) groups is 1. The van der Waals surface area contributed by atoms with E-state index in [-0.39, 0.29) is 12.2 Å². The highest BCUT2D eigenvalue weighted by molar-refractivity contribution is 6.09. The number of amides is 2. The van der Waals surface area contributed by atoms with Gasteiger partial charge in [-0.15, -0.1) is 0 Å². The minimum atomic E-state index is -1.05. The Hall–Kier alpha value is -3.75. The molecule has 0 aliphatic carbocycles. The van der Waals surface area contributed by atoms with Gasteiger partial charge in [0.1, 0.15) is 5.52 Å². The molecule has 0 aliphatic rings. The molecular weight excluding hydrogens is 402 g/mol. The number of para-hydroxylation sites is 1. The summed E-state index contributed by atoms with van der Waals surface area (Å²) in [7, 11) is 0. The molecular formula is C22H22F2N6O. The molecule has 160 valence electrons. The number of fused-ring (bicyclic) bond motifs is 3. The van der Waals surface area contributed by atoms with E-state index in [2.05, 4.69) is 10.1 Å². The first-order valence-corrected chi connectivity index (χ1v) is 9.96. The first-order chi connectivity index (χ1) is 14.9. The number of urea groups is 1. The Balaban J connectivity index is 1.80. The van der Waals surface area contributed by atoms with E-state index in [4.69, 9.17) is 11.5 Å². The molecule has 0 spiro atoms. The third-order valence-corrected chi connectivity index (χ3v) is 5.20. The number of halogens is 2. The maximum atomic E-state index is 13.7. The van der Waals surface area contributed by atoms with Crippen LogP contribution in [0, 0.1) is 11.6 Å². The molecule has 31 heavy (non-hydrogen) atoms. The van der Waals surface area contributed by atoms with Crippen molar-refractivity contribution in [1.29, 1.82) is 0 Å². The summed E-state index contributed by atoms with van der Waals surface area (Å²) in [5.41, 5.74) is 14.1. The van der Waals surface area contributed by atoms with Crippen LogP contribution in [0.3, 0.4) is 0 Å². The molecule has 4 N–H and O–H groups in total. The maximum Gasteiger partial charge on any atom is 0.319 e. The third-order valence-electron chi connectivity index (χ3n) is 5.20. The average molecular weight is 424 g/mol. The van der Waals surface area contributed by atoms with E-state index in [1.54, 1.807) is 0 Å². The quantitative estimate of drug-likeness (QED) is 0.489. The first-order valence-electron chi connectivity index (χ1n) is 9.96. The van der Waals surface area contributed by atoms with E-state index < -0.39 is 17.7 Å². The van der Waals surface area contributed by atoms with Gasteiger partial charge in [0.2, 0.25) is 0 Å². The molecule has 0 atom stereocenters. The summed E-state index contributed by atoms with van der Waals surface area (Å²) in [5, 5.41) is 6.43. The highest BCUT2D eigenvalue weighted by Gasteiger charge is 2.20. The maximum absolute atomic E-state index is 13.7. The number of rotatable bonds is 6. The Labute approximate surface area is 177 Å². The lowest BCUT2D eigenvalue weighted by molar-refractivity contribution is 0.254. The first kappa shape index (κ1) is 20.5. The van der Waals surface area contributed by atoms with Crippen LogP contribution in [-0.4, -0.2) is 27.3 Å². The van der Waals surface area contributed by atoms with Gasteiger partial charge in [0.05, 0.1) is 5.52 Å². The second kappa shape index (κ2) is 8.17. The molecule has 7 nitrogen and oxygen atoms in total. The summed E-state index contributed by atoms with van der Waals surface area (Å²) >= 11 is 0. The lowest BCUT2D eigenvalue weighted by Gasteiger charge is -2.21. The molecule has 2 amide bonds. The topological polar surface area (TPSA) is 103 Å². The van der Waals surface area contributed by atoms with Gasteiger partial charge >= 0.3 is 6.03 Å². The zero-order chi connectivity index (χ0) is 22.1. The summed E-state index contributed by atoms with van der Waals surface area (Å²) in [4.78, 5) is 17.7. The van der Waals surface area contributed by atoms with Gasteiger partial charge in [-0.2, -0.15) is 5.10 Å². The summed E-state index contributed by atoms with van der Waals surface area (Å²) in [6.45, 7) is 2.84. The van der Waals surface area contributed by atoms with Crippen LogP contribution in [0.15, 0.2) is 42.5 Å². The number of nitrogen functional groups attached to an aromatic ring is 1. The Bertz CT molecular complexity index is 1290. The molecule has 0 saturated carbocycles. The van der Waals surface area contributed by atoms with Gasteiger partial charge in [0.15, 0.2) is 17.5 Å². The fraction of sp³-hybridized carbons (Fsp3) is 0.227. The minimum absolute atomic E-state index is 0.154. The van der Waals surface area contributed by atoms with Gasteiger partial charge in [-0.25, -0.2) is 18.6 Å². The van der Waals surface area contributed by atoms with E-state index >= 15 is 0 Å². The number of pyridine rings is 1. The molecule has 2 aromatic heterocycles. The van der Waals surface area contributed by atoms with Crippen molar-refractivity contribution in [3.63, 3.8) is 0 Å². The van der Waals surface area contributed by atoms with Crippen molar-refractivity contribution in [3.8, 4) is 0 Å². The highest BCUT2D eigenvalue weighted by Crippen LogP contribution is 2.31. The number of primary amides is 1. The summed E-state index contributed by atoms with van der Waals surface area (Å²) in [6.07, 6.45) is 1.22. The van der Waals surface area contributed by atoms with Crippen LogP contribution < -0.4 is 16.4 Å². The monoisotopic (exact) mass is 424 g/mol. The molecule has 0 unspecified atom stereocenters. The highest BCUT2D eigenvalue weighted by atomic mass is 19.2. The zero-order valence-electron chi connectivity index (χ0n) is 17.0. The molecule has 0 bridgehead atoms. The molecule has 0 saturated heterocycles. The normalized spacial score (nSPS) is 11.3. The molecule has 2 aromatic carbocycles. The van der Waals surface area contributed by atoms with Gasteiger partial charge < -0.3 is 11.5 Å². The predicted molar refractivity (Wildman–Crippen MR) is 117 cm³/mol. The number of aryl methyl sites for hydroxylation is 1. The SMILES string of the molecule is CCCn1nc2c(N)nc3ccccc3c2c1CCN(C(N)=O)c1ccc(F)c(F)c1. The molecule has 2 heterocycles. The number of carbonyl (C=O) groups excluding carboxylic acids is 1. The van der Waals surface area contributed by atoms with E-state index in [0.29, 0.717) is 24.3 Å². The number of anilines is 2. The molecule has 4 rings (SSSR count). The van der Waals surface area contributed by atoms with Gasteiger partial charge in [-0.05, 0) is 24.6 Å². The van der Waals surface area contributed by atoms with Crippen LogP contribution in [0.5, 0.6) is 0 Å². The smallest absolute Gasteiger partial charge is 0.319 e. The van der Waals surface area contributed by atoms with Crippen molar-refractivity contribution >= 4 is 39.3 Å². The van der Waals surface area contributed by atoms with Crippen LogP contribution in [0.4, 0.5) is 25.1 Å². The van der Waals surface area contributed by atoms with Crippen molar-refractivity contribution in [3.05, 3.63) is 59.8 Å². The van der Waals surface area contributed by atoms with Gasteiger partial charge in [0.25, 0.3) is 0 Å². The number of nitrogens with two attached hydrogens (primary N) is 2. The second-order valence-corrected chi connectivity index (χ2v) is 7.25. The van der Waals surface area contributed by atoms with E-state index in [0.717, 1.165) is 40.5 Å². The fourth-order valence-electron chi connectivity index (χ4n) is 3.81. The fourth-order valence-corrected chi connectivity index (χ4v) is 3.81. The lowest BCUT2D eigenvalue weighted by atomic mass is 10.1. The van der Waals surface area contributed by atoms with Crippen molar-refractivity contribution in [2.24, 2.45) is 5.73 Å². The van der Waals surface area contributed by atoms with Gasteiger partial charge in [-0.1, -0.05) is 25.1 Å². The van der Waals surface area contributed by atoms with Crippen molar-refractivity contribution < 1.29 is 13.6 Å². The van der Waals surface area contributed by atoms with Crippen molar-refractivity contribution in [2.45, 2.75) is 26.3 Å². The van der Waals surface area contributed by atoms with Gasteiger partial charge in [0, 0.05) is 47.7 Å². The van der Waals surface area contributed by atoms with E-state index in [1.165, 1.54) is 11.0 Å². The number of hydrogen-bond donors (Lipinski definition) is 2. The third kappa shape index (κ3) is 3.74. The van der Waals surface area contributed by atoms with Crippen molar-refractivity contribution in [1.82, 2.24) is 14.8 Å². The molecule has 0 radical (unpaired) electrons. The molecule has 0 aliphatic heterocycles. The zero-order valence-corrected chi connectivity index (χ0v) is 17.0. The standard InChI is InChI=1S/C22H22F2N6O/c1-2-10-30-18(9-11-29(22(26)31)13-7-8-15(23)16(24)12-13)19-14-5-3-4-6-17(14)27-21(25)20(19)28-30/h3-8,12H,2,9-11H2,1H3,(H2,25,27)(H2,26,31). The Kier molecular flexibility index (Phi) is 5.41. The van der Waals surface area contributed by atoms with Crippen LogP contribution in [0.25, 0.3) is 21.8 Å². The van der Waals surface area contributed by atoms with Crippen LogP contribution in [0.1, 0.15) is 19.0 Å². The number of hydrogen-bond acceptors (Lipinski definition) is 4. The summed E-state index contributed by atoms with van der Waals surface area (Å²) < 4.78 is 28.9. The summed E-state index contributed by atoms with van der Waals surface area (Å²) in [6, 6.07) is 10.1.